The van der Waals surface area contributed by atoms with Crippen LogP contribution in [0.25, 0.3) is 0 Å². The first kappa shape index (κ1) is 11.2. The van der Waals surface area contributed by atoms with E-state index in [9.17, 15) is 14.7 Å². The number of piperidine rings is 2. The monoisotopic (exact) mass is 238 g/mol. The van der Waals surface area contributed by atoms with E-state index in [4.69, 9.17) is 0 Å². The van der Waals surface area contributed by atoms with Crippen LogP contribution in [0, 0.1) is 17.3 Å². The lowest BCUT2D eigenvalue weighted by Crippen LogP contribution is -2.58. The molecule has 5 heteroatoms. The number of nitrogens with one attached hydrogen (secondary N) is 2. The third kappa shape index (κ3) is 1.60. The number of hydrogen-bond acceptors (Lipinski definition) is 4. The van der Waals surface area contributed by atoms with Gasteiger partial charge in [-0.15, -0.1) is 0 Å². The summed E-state index contributed by atoms with van der Waals surface area (Å²) in [5.41, 5.74) is -0.635. The number of amides is 2. The number of carbonyl (C=O) groups excluding carboxylic acids is 2. The van der Waals surface area contributed by atoms with Crippen molar-refractivity contribution in [2.45, 2.75) is 31.8 Å². The Hall–Kier alpha value is -0.940. The number of aliphatic hydroxyl groups is 1. The van der Waals surface area contributed by atoms with Crippen molar-refractivity contribution in [3.63, 3.8) is 0 Å². The van der Waals surface area contributed by atoms with E-state index >= 15 is 0 Å². The van der Waals surface area contributed by atoms with Gasteiger partial charge in [0.05, 0.1) is 17.4 Å². The Morgan fingerprint density at radius 2 is 1.82 bits per heavy atom. The van der Waals surface area contributed by atoms with Gasteiger partial charge in [-0.05, 0) is 44.7 Å². The molecule has 2 aliphatic heterocycles. The van der Waals surface area contributed by atoms with Gasteiger partial charge in [0.15, 0.2) is 0 Å². The fourth-order valence-corrected chi connectivity index (χ4v) is 3.27. The van der Waals surface area contributed by atoms with Crippen LogP contribution in [0.5, 0.6) is 0 Å². The molecule has 0 radical (unpaired) electrons. The van der Waals surface area contributed by atoms with Gasteiger partial charge in [-0.25, -0.2) is 0 Å². The predicted octanol–water partition coefficient (Wildman–Crippen LogP) is -0.600. The lowest BCUT2D eigenvalue weighted by Gasteiger charge is -2.39. The van der Waals surface area contributed by atoms with Gasteiger partial charge < -0.3 is 10.4 Å². The lowest BCUT2D eigenvalue weighted by molar-refractivity contribution is -0.153. The third-order valence-corrected chi connectivity index (χ3v) is 4.58. The van der Waals surface area contributed by atoms with Crippen LogP contribution in [0.2, 0.25) is 0 Å². The van der Waals surface area contributed by atoms with Crippen LogP contribution < -0.4 is 10.6 Å². The summed E-state index contributed by atoms with van der Waals surface area (Å²) in [6.07, 6.45) is 2.47. The van der Waals surface area contributed by atoms with Gasteiger partial charge in [0.1, 0.15) is 0 Å². The maximum absolute atomic E-state index is 11.9. The van der Waals surface area contributed by atoms with Gasteiger partial charge in [0.2, 0.25) is 11.8 Å². The molecule has 3 N–H and O–H groups in total. The molecule has 0 bridgehead atoms. The van der Waals surface area contributed by atoms with E-state index in [0.29, 0.717) is 0 Å². The molecule has 0 aromatic heterocycles. The highest BCUT2D eigenvalue weighted by Gasteiger charge is 2.63. The van der Waals surface area contributed by atoms with Crippen LogP contribution in [0.4, 0.5) is 0 Å². The normalized spacial score (nSPS) is 37.0. The molecule has 2 amide bonds. The fourth-order valence-electron chi connectivity index (χ4n) is 3.27. The highest BCUT2D eigenvalue weighted by atomic mass is 16.3. The Kier molecular flexibility index (Phi) is 2.48. The van der Waals surface area contributed by atoms with Gasteiger partial charge in [0.25, 0.3) is 0 Å². The van der Waals surface area contributed by atoms with Crippen LogP contribution in [-0.2, 0) is 9.59 Å². The third-order valence-electron chi connectivity index (χ3n) is 4.58. The van der Waals surface area contributed by atoms with Gasteiger partial charge in [-0.3, -0.25) is 14.9 Å². The molecule has 0 aromatic carbocycles. The Labute approximate surface area is 100.0 Å². The highest BCUT2D eigenvalue weighted by Crippen LogP contribution is 2.54. The fraction of sp³-hybridized carbons (Fsp3) is 0.833. The van der Waals surface area contributed by atoms with E-state index < -0.39 is 17.4 Å². The molecule has 5 nitrogen and oxygen atoms in total. The molecule has 3 fully saturated rings. The first-order valence-electron chi connectivity index (χ1n) is 6.39. The van der Waals surface area contributed by atoms with E-state index in [1.165, 1.54) is 0 Å². The van der Waals surface area contributed by atoms with Crippen LogP contribution in [0.3, 0.4) is 0 Å². The number of hydrogen-bond donors (Lipinski definition) is 3. The molecule has 2 saturated heterocycles. The zero-order valence-corrected chi connectivity index (χ0v) is 9.74. The quantitative estimate of drug-likeness (QED) is 0.533. The van der Waals surface area contributed by atoms with Gasteiger partial charge >= 0.3 is 0 Å². The van der Waals surface area contributed by atoms with Gasteiger partial charge in [-0.2, -0.15) is 0 Å². The topological polar surface area (TPSA) is 78.4 Å². The second-order valence-electron chi connectivity index (χ2n) is 5.53. The van der Waals surface area contributed by atoms with Gasteiger partial charge in [0, 0.05) is 0 Å². The zero-order valence-electron chi connectivity index (χ0n) is 9.74. The van der Waals surface area contributed by atoms with Crippen molar-refractivity contribution in [1.82, 2.24) is 10.6 Å². The molecule has 2 atom stereocenters. The summed E-state index contributed by atoms with van der Waals surface area (Å²) < 4.78 is 0. The van der Waals surface area contributed by atoms with E-state index in [2.05, 4.69) is 10.6 Å². The van der Waals surface area contributed by atoms with Crippen molar-refractivity contribution in [1.29, 1.82) is 0 Å². The summed E-state index contributed by atoms with van der Waals surface area (Å²) in [7, 11) is 0. The molecule has 94 valence electrons. The van der Waals surface area contributed by atoms with Crippen LogP contribution >= 0.6 is 0 Å². The molecule has 2 heterocycles. The lowest BCUT2D eigenvalue weighted by atomic mass is 9.73. The average Bonchev–Trinajstić information content (AvgIpc) is 3.10. The highest BCUT2D eigenvalue weighted by molar-refractivity contribution is 6.04. The second-order valence-corrected chi connectivity index (χ2v) is 5.53. The van der Waals surface area contributed by atoms with Crippen molar-refractivity contribution < 1.29 is 14.7 Å². The SMILES string of the molecule is O=C1NC(=O)C2(CC2)C(O)C1C1CCNCC1. The summed E-state index contributed by atoms with van der Waals surface area (Å²) in [5, 5.41) is 16.1. The maximum atomic E-state index is 11.9. The van der Waals surface area contributed by atoms with Crippen LogP contribution in [0.15, 0.2) is 0 Å². The van der Waals surface area contributed by atoms with Crippen molar-refractivity contribution in [3.8, 4) is 0 Å². The summed E-state index contributed by atoms with van der Waals surface area (Å²) in [6, 6.07) is 0. The molecule has 2 unspecified atom stereocenters. The minimum absolute atomic E-state index is 0.205. The van der Waals surface area contributed by atoms with Crippen molar-refractivity contribution in [3.05, 3.63) is 0 Å². The first-order valence-corrected chi connectivity index (χ1v) is 6.39. The molecular weight excluding hydrogens is 220 g/mol. The Morgan fingerprint density at radius 3 is 2.41 bits per heavy atom. The number of rotatable bonds is 1. The van der Waals surface area contributed by atoms with Crippen molar-refractivity contribution in [2.75, 3.05) is 13.1 Å². The first-order chi connectivity index (χ1) is 8.15. The largest absolute Gasteiger partial charge is 0.391 e. The molecule has 3 rings (SSSR count). The van der Waals surface area contributed by atoms with E-state index in [1.54, 1.807) is 0 Å². The molecule has 17 heavy (non-hydrogen) atoms. The zero-order chi connectivity index (χ0) is 12.0. The molecule has 1 saturated carbocycles. The number of imide groups is 1. The summed E-state index contributed by atoms with van der Waals surface area (Å²) in [4.78, 5) is 23.6. The Bertz CT molecular complexity index is 359. The number of aliphatic hydroxyl groups excluding tert-OH is 1. The van der Waals surface area contributed by atoms with Crippen LogP contribution in [-0.4, -0.2) is 36.1 Å². The maximum Gasteiger partial charge on any atom is 0.235 e. The minimum Gasteiger partial charge on any atom is -0.391 e. The number of carbonyl (C=O) groups is 2. The van der Waals surface area contributed by atoms with Gasteiger partial charge in [-0.1, -0.05) is 0 Å². The van der Waals surface area contributed by atoms with E-state index in [1.807, 2.05) is 0 Å². The van der Waals surface area contributed by atoms with Crippen molar-refractivity contribution >= 4 is 11.8 Å². The minimum atomic E-state index is -0.771. The Morgan fingerprint density at radius 1 is 1.18 bits per heavy atom. The summed E-state index contributed by atoms with van der Waals surface area (Å²) in [5.74, 6) is -0.721. The molecule has 0 aromatic rings. The van der Waals surface area contributed by atoms with E-state index in [0.717, 1.165) is 38.8 Å². The molecule has 1 spiro atoms. The standard InChI is InChI=1S/C12H18N2O3/c15-9-8(7-1-5-13-6-2-7)10(16)14-11(17)12(9)3-4-12/h7-9,13,15H,1-6H2,(H,14,16,17). The summed E-state index contributed by atoms with van der Waals surface area (Å²) >= 11 is 0. The smallest absolute Gasteiger partial charge is 0.235 e. The van der Waals surface area contributed by atoms with Crippen molar-refractivity contribution in [2.24, 2.45) is 17.3 Å². The molecule has 3 aliphatic rings. The Balaban J connectivity index is 1.82. The van der Waals surface area contributed by atoms with E-state index in [-0.39, 0.29) is 17.7 Å². The molecule has 1 aliphatic carbocycles. The second kappa shape index (κ2) is 3.78. The van der Waals surface area contributed by atoms with Crippen LogP contribution in [0.1, 0.15) is 25.7 Å². The predicted molar refractivity (Wildman–Crippen MR) is 59.9 cm³/mol. The molecular formula is C12H18N2O3. The summed E-state index contributed by atoms with van der Waals surface area (Å²) in [6.45, 7) is 1.78. The average molecular weight is 238 g/mol.